The molecule has 0 spiro atoms. The van der Waals surface area contributed by atoms with Crippen molar-refractivity contribution in [2.24, 2.45) is 0 Å². The molecule has 0 saturated heterocycles. The number of likely N-dealkylation sites (N-methyl/N-ethyl adjacent to an activating group) is 1. The quantitative estimate of drug-likeness (QED) is 0.937. The molecule has 1 aliphatic carbocycles. The van der Waals surface area contributed by atoms with Gasteiger partial charge in [-0.3, -0.25) is 9.59 Å². The van der Waals surface area contributed by atoms with Crippen molar-refractivity contribution in [3.63, 3.8) is 0 Å². The van der Waals surface area contributed by atoms with E-state index in [4.69, 9.17) is 0 Å². The number of rotatable bonds is 4. The first-order valence-electron chi connectivity index (χ1n) is 8.02. The van der Waals surface area contributed by atoms with Crippen molar-refractivity contribution >= 4 is 5.91 Å². The van der Waals surface area contributed by atoms with E-state index in [2.05, 4.69) is 10.4 Å². The summed E-state index contributed by atoms with van der Waals surface area (Å²) in [4.78, 5) is 24.8. The van der Waals surface area contributed by atoms with Crippen molar-refractivity contribution in [3.05, 3.63) is 52.2 Å². The molecule has 0 atom stereocenters. The number of aromatic nitrogens is 2. The number of hydrogen-bond acceptors (Lipinski definition) is 3. The third-order valence-electron chi connectivity index (χ3n) is 4.42. The number of hydrogen-bond donors (Lipinski definition) is 1. The van der Waals surface area contributed by atoms with Crippen LogP contribution in [-0.4, -0.2) is 22.7 Å². The molecule has 0 bridgehead atoms. The summed E-state index contributed by atoms with van der Waals surface area (Å²) in [7, 11) is 1.55. The van der Waals surface area contributed by atoms with Crippen LogP contribution < -0.4 is 10.9 Å². The molecule has 6 heteroatoms. The summed E-state index contributed by atoms with van der Waals surface area (Å²) in [5.74, 6) is -0.545. The summed E-state index contributed by atoms with van der Waals surface area (Å²) >= 11 is 0. The van der Waals surface area contributed by atoms with Crippen LogP contribution in [0.3, 0.4) is 0 Å². The molecule has 0 unspecified atom stereocenters. The molecule has 126 valence electrons. The van der Waals surface area contributed by atoms with E-state index >= 15 is 0 Å². The van der Waals surface area contributed by atoms with Crippen LogP contribution in [0.1, 0.15) is 38.3 Å². The molecular weight excluding hydrogens is 309 g/mol. The lowest BCUT2D eigenvalue weighted by atomic mass is 9.98. The molecule has 2 aromatic rings. The highest BCUT2D eigenvalue weighted by molar-refractivity contribution is 5.87. The number of amides is 1. The van der Waals surface area contributed by atoms with Gasteiger partial charge in [-0.2, -0.15) is 5.10 Å². The zero-order valence-corrected chi connectivity index (χ0v) is 14.0. The van der Waals surface area contributed by atoms with E-state index in [0.717, 1.165) is 0 Å². The molecule has 24 heavy (non-hydrogen) atoms. The minimum absolute atomic E-state index is 0.0237. The van der Waals surface area contributed by atoms with Gasteiger partial charge < -0.3 is 5.32 Å². The Morgan fingerprint density at radius 1 is 1.33 bits per heavy atom. The molecule has 0 radical (unpaired) electrons. The van der Waals surface area contributed by atoms with E-state index in [0.29, 0.717) is 29.7 Å². The summed E-state index contributed by atoms with van der Waals surface area (Å²) < 4.78 is 14.9. The summed E-state index contributed by atoms with van der Waals surface area (Å²) in [6.07, 6.45) is 1.19. The number of benzene rings is 1. The molecule has 1 fully saturated rings. The summed E-state index contributed by atoms with van der Waals surface area (Å²) in [6.45, 7) is 3.92. The molecule has 1 N–H and O–H groups in total. The highest BCUT2D eigenvalue weighted by Gasteiger charge is 2.53. The van der Waals surface area contributed by atoms with Crippen molar-refractivity contribution in [1.82, 2.24) is 15.1 Å². The Kier molecular flexibility index (Phi) is 3.99. The summed E-state index contributed by atoms with van der Waals surface area (Å²) in [5.41, 5.74) is 0.671. The fraction of sp³-hybridized carbons (Fsp3) is 0.389. The molecule has 3 rings (SSSR count). The van der Waals surface area contributed by atoms with Gasteiger partial charge in [-0.25, -0.2) is 9.07 Å². The standard InChI is InChI=1S/C18H20FN3O2/c1-11(2)16-14(12-5-4-6-13(19)9-12)10-15(23)22(21-16)18(7-8-18)17(24)20-3/h4-6,9-11H,7-8H2,1-3H3,(H,20,24). The highest BCUT2D eigenvalue weighted by Crippen LogP contribution is 2.42. The van der Waals surface area contributed by atoms with Crippen molar-refractivity contribution in [2.75, 3.05) is 7.05 Å². The number of nitrogens with one attached hydrogen (secondary N) is 1. The number of halogens is 1. The lowest BCUT2D eigenvalue weighted by molar-refractivity contribution is -0.125. The van der Waals surface area contributed by atoms with E-state index in [-0.39, 0.29) is 23.2 Å². The number of nitrogens with zero attached hydrogens (tertiary/aromatic N) is 2. The molecule has 0 aliphatic heterocycles. The van der Waals surface area contributed by atoms with Gasteiger partial charge in [0.05, 0.1) is 5.69 Å². The average molecular weight is 329 g/mol. The Morgan fingerprint density at radius 2 is 2.04 bits per heavy atom. The highest BCUT2D eigenvalue weighted by atomic mass is 19.1. The zero-order valence-electron chi connectivity index (χ0n) is 14.0. The second kappa shape index (κ2) is 5.85. The Labute approximate surface area is 139 Å². The van der Waals surface area contributed by atoms with Crippen molar-refractivity contribution in [3.8, 4) is 11.1 Å². The maximum Gasteiger partial charge on any atom is 0.268 e. The van der Waals surface area contributed by atoms with Crippen LogP contribution in [0.4, 0.5) is 4.39 Å². The van der Waals surface area contributed by atoms with E-state index in [9.17, 15) is 14.0 Å². The fourth-order valence-corrected chi connectivity index (χ4v) is 2.98. The molecule has 1 aromatic carbocycles. The van der Waals surface area contributed by atoms with E-state index in [1.807, 2.05) is 13.8 Å². The maximum absolute atomic E-state index is 13.6. The van der Waals surface area contributed by atoms with Gasteiger partial charge in [0.1, 0.15) is 11.4 Å². The number of carbonyl (C=O) groups is 1. The lowest BCUT2D eigenvalue weighted by Gasteiger charge is -2.20. The van der Waals surface area contributed by atoms with Crippen LogP contribution in [0.25, 0.3) is 11.1 Å². The van der Waals surface area contributed by atoms with Crippen LogP contribution in [-0.2, 0) is 10.3 Å². The van der Waals surface area contributed by atoms with E-state index in [1.165, 1.54) is 22.9 Å². The van der Waals surface area contributed by atoms with Gasteiger partial charge >= 0.3 is 0 Å². The zero-order chi connectivity index (χ0) is 17.5. The first-order chi connectivity index (χ1) is 11.4. The van der Waals surface area contributed by atoms with Gasteiger partial charge in [0.2, 0.25) is 5.91 Å². The Morgan fingerprint density at radius 3 is 2.58 bits per heavy atom. The predicted octanol–water partition coefficient (Wildman–Crippen LogP) is 2.41. The minimum atomic E-state index is -0.879. The lowest BCUT2D eigenvalue weighted by Crippen LogP contribution is -2.43. The number of carbonyl (C=O) groups excluding carboxylic acids is 1. The average Bonchev–Trinajstić information content (AvgIpc) is 3.35. The van der Waals surface area contributed by atoms with E-state index in [1.54, 1.807) is 19.2 Å². The predicted molar refractivity (Wildman–Crippen MR) is 89.3 cm³/mol. The summed E-state index contributed by atoms with van der Waals surface area (Å²) in [6, 6.07) is 7.56. The molecule has 1 amide bonds. The van der Waals surface area contributed by atoms with Crippen LogP contribution in [0.15, 0.2) is 35.1 Å². The van der Waals surface area contributed by atoms with Gasteiger partial charge in [-0.05, 0) is 36.5 Å². The van der Waals surface area contributed by atoms with Gasteiger partial charge in [0.25, 0.3) is 5.56 Å². The molecule has 1 aromatic heterocycles. The molecule has 1 saturated carbocycles. The van der Waals surface area contributed by atoms with Crippen molar-refractivity contribution < 1.29 is 9.18 Å². The van der Waals surface area contributed by atoms with Crippen molar-refractivity contribution in [2.45, 2.75) is 38.1 Å². The smallest absolute Gasteiger partial charge is 0.268 e. The Bertz CT molecular complexity index is 854. The van der Waals surface area contributed by atoms with Gasteiger partial charge in [0, 0.05) is 18.7 Å². The van der Waals surface area contributed by atoms with Gasteiger partial charge in [-0.1, -0.05) is 26.0 Å². The van der Waals surface area contributed by atoms with Crippen molar-refractivity contribution in [1.29, 1.82) is 0 Å². The molecule has 1 heterocycles. The molecule has 1 aliphatic rings. The van der Waals surface area contributed by atoms with Crippen LogP contribution in [0.5, 0.6) is 0 Å². The normalized spacial score (nSPS) is 15.4. The topological polar surface area (TPSA) is 64.0 Å². The van der Waals surface area contributed by atoms with Crippen LogP contribution in [0.2, 0.25) is 0 Å². The summed E-state index contributed by atoms with van der Waals surface area (Å²) in [5, 5.41) is 7.11. The van der Waals surface area contributed by atoms with Gasteiger partial charge in [-0.15, -0.1) is 0 Å². The minimum Gasteiger partial charge on any atom is -0.357 e. The van der Waals surface area contributed by atoms with E-state index < -0.39 is 5.54 Å². The Hall–Kier alpha value is -2.50. The second-order valence-corrected chi connectivity index (χ2v) is 6.47. The molecular formula is C18H20FN3O2. The Balaban J connectivity index is 2.19. The van der Waals surface area contributed by atoms with Crippen LogP contribution in [0, 0.1) is 5.82 Å². The monoisotopic (exact) mass is 329 g/mol. The molecule has 5 nitrogen and oxygen atoms in total. The first kappa shape index (κ1) is 16.4. The third-order valence-corrected chi connectivity index (χ3v) is 4.42. The maximum atomic E-state index is 13.6. The van der Waals surface area contributed by atoms with Gasteiger partial charge in [0.15, 0.2) is 0 Å². The SMILES string of the molecule is CNC(=O)C1(n2nc(C(C)C)c(-c3cccc(F)c3)cc2=O)CC1. The third kappa shape index (κ3) is 2.62. The second-order valence-electron chi connectivity index (χ2n) is 6.47. The fourth-order valence-electron chi connectivity index (χ4n) is 2.98. The van der Waals surface area contributed by atoms with Crippen LogP contribution >= 0.6 is 0 Å². The largest absolute Gasteiger partial charge is 0.357 e. The first-order valence-corrected chi connectivity index (χ1v) is 8.02.